The van der Waals surface area contributed by atoms with Crippen molar-refractivity contribution in [1.29, 1.82) is 0 Å². The Morgan fingerprint density at radius 1 is 1.20 bits per heavy atom. The van der Waals surface area contributed by atoms with Crippen LogP contribution in [-0.4, -0.2) is 40.2 Å². The van der Waals surface area contributed by atoms with Crippen LogP contribution in [0.5, 0.6) is 0 Å². The Balaban J connectivity index is 1.40. The zero-order valence-corrected chi connectivity index (χ0v) is 17.8. The summed E-state index contributed by atoms with van der Waals surface area (Å²) in [6, 6.07) is 14.2. The zero-order chi connectivity index (χ0) is 20.9. The van der Waals surface area contributed by atoms with Crippen LogP contribution in [0.15, 0.2) is 59.3 Å². The van der Waals surface area contributed by atoms with Gasteiger partial charge in [-0.15, -0.1) is 0 Å². The van der Waals surface area contributed by atoms with Crippen LogP contribution in [-0.2, 0) is 6.54 Å². The van der Waals surface area contributed by atoms with Crippen LogP contribution in [0.1, 0.15) is 53.2 Å². The first-order valence-electron chi connectivity index (χ1n) is 10.7. The number of benzene rings is 1. The predicted octanol–water partition coefficient (Wildman–Crippen LogP) is 4.04. The summed E-state index contributed by atoms with van der Waals surface area (Å²) in [5, 5.41) is 7.36. The number of nitrogens with one attached hydrogen (secondary N) is 1. The highest BCUT2D eigenvalue weighted by Crippen LogP contribution is 2.26. The molecule has 3 aromatic rings. The average molecular weight is 407 g/mol. The molecule has 1 aliphatic rings. The van der Waals surface area contributed by atoms with Gasteiger partial charge in [0, 0.05) is 12.7 Å². The summed E-state index contributed by atoms with van der Waals surface area (Å²) in [6.07, 6.45) is 6.16. The topological polar surface area (TPSA) is 63.3 Å². The lowest BCUT2D eigenvalue weighted by Gasteiger charge is -2.37. The monoisotopic (exact) mass is 406 g/mol. The van der Waals surface area contributed by atoms with Gasteiger partial charge in [0.05, 0.1) is 18.8 Å². The van der Waals surface area contributed by atoms with Crippen molar-refractivity contribution in [2.75, 3.05) is 19.6 Å². The smallest absolute Gasteiger partial charge is 0.287 e. The standard InChI is InChI=1S/C24H30N4O2/c1-18-10-12-27(13-11-18)22(20-6-4-3-5-7-20)15-25-24(29)23-9-8-21(30-23)17-28-16-19(2)14-26-28/h3-9,14,16,18,22H,10-13,15,17H2,1-2H3,(H,25,29)/t22-/m1/s1. The average Bonchev–Trinajstić information content (AvgIpc) is 3.39. The molecule has 158 valence electrons. The van der Waals surface area contributed by atoms with E-state index in [9.17, 15) is 4.79 Å². The quantitative estimate of drug-likeness (QED) is 0.643. The van der Waals surface area contributed by atoms with E-state index in [1.807, 2.05) is 31.5 Å². The van der Waals surface area contributed by atoms with Crippen molar-refractivity contribution in [2.45, 2.75) is 39.3 Å². The number of carbonyl (C=O) groups excluding carboxylic acids is 1. The lowest BCUT2D eigenvalue weighted by atomic mass is 9.95. The predicted molar refractivity (Wildman–Crippen MR) is 116 cm³/mol. The summed E-state index contributed by atoms with van der Waals surface area (Å²) in [7, 11) is 0. The number of hydrogen-bond acceptors (Lipinski definition) is 4. The molecule has 1 amide bonds. The second-order valence-corrected chi connectivity index (χ2v) is 8.34. The van der Waals surface area contributed by atoms with E-state index in [4.69, 9.17) is 4.42 Å². The molecule has 0 bridgehead atoms. The third-order valence-electron chi connectivity index (χ3n) is 5.86. The number of likely N-dealkylation sites (tertiary alicyclic amines) is 1. The van der Waals surface area contributed by atoms with Crippen molar-refractivity contribution in [2.24, 2.45) is 5.92 Å². The van der Waals surface area contributed by atoms with E-state index >= 15 is 0 Å². The molecule has 0 spiro atoms. The van der Waals surface area contributed by atoms with E-state index < -0.39 is 0 Å². The molecule has 0 saturated carbocycles. The molecule has 4 rings (SSSR count). The molecule has 3 heterocycles. The van der Waals surface area contributed by atoms with E-state index in [0.29, 0.717) is 24.6 Å². The molecule has 0 aliphatic carbocycles. The van der Waals surface area contributed by atoms with Gasteiger partial charge in [0.15, 0.2) is 5.76 Å². The summed E-state index contributed by atoms with van der Waals surface area (Å²) >= 11 is 0. The molecule has 30 heavy (non-hydrogen) atoms. The molecule has 1 fully saturated rings. The van der Waals surface area contributed by atoms with Crippen LogP contribution in [0.4, 0.5) is 0 Å². The fourth-order valence-electron chi connectivity index (χ4n) is 4.05. The number of amides is 1. The van der Waals surface area contributed by atoms with Gasteiger partial charge in [0.1, 0.15) is 5.76 Å². The van der Waals surface area contributed by atoms with E-state index in [2.05, 4.69) is 46.5 Å². The first-order valence-corrected chi connectivity index (χ1v) is 10.7. The maximum absolute atomic E-state index is 12.7. The van der Waals surface area contributed by atoms with Crippen LogP contribution in [0.3, 0.4) is 0 Å². The number of aromatic nitrogens is 2. The maximum Gasteiger partial charge on any atom is 0.287 e. The number of piperidine rings is 1. The third kappa shape index (κ3) is 5.00. The molecule has 1 N–H and O–H groups in total. The molecule has 2 aromatic heterocycles. The van der Waals surface area contributed by atoms with E-state index in [-0.39, 0.29) is 11.9 Å². The SMILES string of the molecule is Cc1cnn(Cc2ccc(C(=O)NC[C@H](c3ccccc3)N3CCC(C)CC3)o2)c1. The molecule has 1 aromatic carbocycles. The molecule has 0 unspecified atom stereocenters. The van der Waals surface area contributed by atoms with Crippen LogP contribution < -0.4 is 5.32 Å². The number of aryl methyl sites for hydroxylation is 1. The second-order valence-electron chi connectivity index (χ2n) is 8.34. The summed E-state index contributed by atoms with van der Waals surface area (Å²) in [6.45, 7) is 7.51. The first kappa shape index (κ1) is 20.4. The van der Waals surface area contributed by atoms with E-state index in [1.165, 1.54) is 18.4 Å². The van der Waals surface area contributed by atoms with Gasteiger partial charge in [-0.3, -0.25) is 14.4 Å². The minimum atomic E-state index is -0.177. The van der Waals surface area contributed by atoms with Gasteiger partial charge in [-0.25, -0.2) is 0 Å². The van der Waals surface area contributed by atoms with Gasteiger partial charge in [-0.2, -0.15) is 5.10 Å². The third-order valence-corrected chi connectivity index (χ3v) is 5.86. The van der Waals surface area contributed by atoms with Crippen LogP contribution in [0.25, 0.3) is 0 Å². The molecule has 1 aliphatic heterocycles. The molecule has 1 atom stereocenters. The largest absolute Gasteiger partial charge is 0.454 e. The summed E-state index contributed by atoms with van der Waals surface area (Å²) in [5.74, 6) is 1.65. The fraction of sp³-hybridized carbons (Fsp3) is 0.417. The Morgan fingerprint density at radius 3 is 2.67 bits per heavy atom. The Kier molecular flexibility index (Phi) is 6.33. The number of nitrogens with zero attached hydrogens (tertiary/aromatic N) is 3. The molecule has 1 saturated heterocycles. The van der Waals surface area contributed by atoms with Gasteiger partial charge in [-0.05, 0) is 62.0 Å². The Bertz CT molecular complexity index is 955. The van der Waals surface area contributed by atoms with E-state index in [1.54, 1.807) is 10.7 Å². The van der Waals surface area contributed by atoms with Crippen molar-refractivity contribution in [3.8, 4) is 0 Å². The first-order chi connectivity index (χ1) is 14.6. The number of hydrogen-bond donors (Lipinski definition) is 1. The highest BCUT2D eigenvalue weighted by atomic mass is 16.4. The van der Waals surface area contributed by atoms with Crippen molar-refractivity contribution < 1.29 is 9.21 Å². The van der Waals surface area contributed by atoms with Gasteiger partial charge < -0.3 is 9.73 Å². The van der Waals surface area contributed by atoms with Crippen molar-refractivity contribution >= 4 is 5.91 Å². The van der Waals surface area contributed by atoms with Crippen LogP contribution >= 0.6 is 0 Å². The highest BCUT2D eigenvalue weighted by Gasteiger charge is 2.25. The lowest BCUT2D eigenvalue weighted by molar-refractivity contribution is 0.0884. The van der Waals surface area contributed by atoms with Gasteiger partial charge in [0.25, 0.3) is 5.91 Å². The molecule has 0 radical (unpaired) electrons. The van der Waals surface area contributed by atoms with Gasteiger partial charge >= 0.3 is 0 Å². The van der Waals surface area contributed by atoms with Crippen LogP contribution in [0, 0.1) is 12.8 Å². The summed E-state index contributed by atoms with van der Waals surface area (Å²) in [5.41, 5.74) is 2.33. The molecule has 6 heteroatoms. The lowest BCUT2D eigenvalue weighted by Crippen LogP contribution is -2.41. The molecular weight excluding hydrogens is 376 g/mol. The van der Waals surface area contributed by atoms with Crippen LogP contribution in [0.2, 0.25) is 0 Å². The number of rotatable bonds is 7. The fourth-order valence-corrected chi connectivity index (χ4v) is 4.05. The minimum Gasteiger partial charge on any atom is -0.454 e. The van der Waals surface area contributed by atoms with Gasteiger partial charge in [0.2, 0.25) is 0 Å². The summed E-state index contributed by atoms with van der Waals surface area (Å²) in [4.78, 5) is 15.2. The molecular formula is C24H30N4O2. The van der Waals surface area contributed by atoms with Gasteiger partial charge in [-0.1, -0.05) is 37.3 Å². The van der Waals surface area contributed by atoms with Crippen molar-refractivity contribution in [3.05, 3.63) is 77.5 Å². The van der Waals surface area contributed by atoms with E-state index in [0.717, 1.165) is 24.6 Å². The number of carbonyl (C=O) groups is 1. The zero-order valence-electron chi connectivity index (χ0n) is 17.8. The van der Waals surface area contributed by atoms with Crippen molar-refractivity contribution in [3.63, 3.8) is 0 Å². The second kappa shape index (κ2) is 9.30. The maximum atomic E-state index is 12.7. The molecule has 6 nitrogen and oxygen atoms in total. The Morgan fingerprint density at radius 2 is 1.97 bits per heavy atom. The highest BCUT2D eigenvalue weighted by molar-refractivity contribution is 5.91. The minimum absolute atomic E-state index is 0.170. The summed E-state index contributed by atoms with van der Waals surface area (Å²) < 4.78 is 7.57. The normalized spacial score (nSPS) is 16.5. The Hall–Kier alpha value is -2.86. The number of furan rings is 1. The van der Waals surface area contributed by atoms with Crippen molar-refractivity contribution in [1.82, 2.24) is 20.0 Å². The Labute approximate surface area is 177 Å².